The van der Waals surface area contributed by atoms with E-state index >= 15 is 0 Å². The molecule has 0 unspecified atom stereocenters. The van der Waals surface area contributed by atoms with Gasteiger partial charge in [-0.1, -0.05) is 48.5 Å². The molecule has 0 atom stereocenters. The Bertz CT molecular complexity index is 1040. The largest absolute Gasteiger partial charge is 0.480 e. The number of benzene rings is 2. The third-order valence-corrected chi connectivity index (χ3v) is 7.41. The number of carbonyl (C=O) groups is 3. The van der Waals surface area contributed by atoms with E-state index in [1.807, 2.05) is 24.3 Å². The van der Waals surface area contributed by atoms with Gasteiger partial charge in [-0.25, -0.2) is 9.59 Å². The Labute approximate surface area is 200 Å². The number of hydrogen-bond donors (Lipinski definition) is 2. The monoisotopic (exact) mass is 464 g/mol. The second-order valence-corrected chi connectivity index (χ2v) is 9.93. The van der Waals surface area contributed by atoms with Crippen molar-refractivity contribution in [2.24, 2.45) is 11.8 Å². The fourth-order valence-corrected chi connectivity index (χ4v) is 4.92. The lowest BCUT2D eigenvalue weighted by Gasteiger charge is -2.38. The number of fused-ring (bicyclic) bond motifs is 3. The Balaban J connectivity index is 1.20. The molecule has 180 valence electrons. The number of carbonyl (C=O) groups excluding carboxylic acids is 2. The van der Waals surface area contributed by atoms with Crippen LogP contribution in [0.25, 0.3) is 11.1 Å². The standard InChI is InChI=1S/C27H32N2O5/c1-27(2,25(31)32)29(3)24(30)14-17-12-18(13-17)15-28-26(33)34-16-23-21-10-6-4-8-19(21)20-9-5-7-11-22(20)23/h4-11,17-18,23H,12-16H2,1-3H3,(H,28,33)(H,31,32). The van der Waals surface area contributed by atoms with Gasteiger partial charge < -0.3 is 20.1 Å². The Morgan fingerprint density at radius 3 is 2.12 bits per heavy atom. The Kier molecular flexibility index (Phi) is 6.64. The fraction of sp³-hybridized carbons (Fsp3) is 0.444. The van der Waals surface area contributed by atoms with Crippen LogP contribution in [0.5, 0.6) is 0 Å². The summed E-state index contributed by atoms with van der Waals surface area (Å²) in [5.41, 5.74) is 3.52. The van der Waals surface area contributed by atoms with Crippen LogP contribution in [0.1, 0.15) is 50.2 Å². The average Bonchev–Trinajstić information content (AvgIpc) is 3.12. The van der Waals surface area contributed by atoms with E-state index in [0.717, 1.165) is 12.8 Å². The Hall–Kier alpha value is -3.35. The normalized spacial score (nSPS) is 18.9. The first-order valence-corrected chi connectivity index (χ1v) is 11.8. The molecule has 2 aliphatic rings. The molecule has 2 aromatic rings. The number of likely N-dealkylation sites (N-methyl/N-ethyl adjacent to an activating group) is 1. The summed E-state index contributed by atoms with van der Waals surface area (Å²) in [5, 5.41) is 12.2. The third kappa shape index (κ3) is 4.65. The quantitative estimate of drug-likeness (QED) is 0.609. The van der Waals surface area contributed by atoms with Crippen molar-refractivity contribution < 1.29 is 24.2 Å². The molecule has 1 fully saturated rings. The summed E-state index contributed by atoms with van der Waals surface area (Å²) >= 11 is 0. The van der Waals surface area contributed by atoms with Crippen molar-refractivity contribution in [3.05, 3.63) is 59.7 Å². The molecule has 0 aromatic heterocycles. The number of rotatable bonds is 8. The molecule has 0 saturated heterocycles. The molecule has 34 heavy (non-hydrogen) atoms. The van der Waals surface area contributed by atoms with Crippen molar-refractivity contribution in [1.29, 1.82) is 0 Å². The average molecular weight is 465 g/mol. The topological polar surface area (TPSA) is 95.9 Å². The molecule has 1 saturated carbocycles. The zero-order chi connectivity index (χ0) is 24.5. The van der Waals surface area contributed by atoms with Crippen LogP contribution in [0.4, 0.5) is 4.79 Å². The van der Waals surface area contributed by atoms with Crippen LogP contribution in [-0.2, 0) is 14.3 Å². The van der Waals surface area contributed by atoms with Crippen LogP contribution in [0.15, 0.2) is 48.5 Å². The number of alkyl carbamates (subject to hydrolysis) is 1. The zero-order valence-electron chi connectivity index (χ0n) is 19.9. The number of carboxylic acids is 1. The minimum Gasteiger partial charge on any atom is -0.480 e. The lowest BCUT2D eigenvalue weighted by Crippen LogP contribution is -2.51. The molecule has 2 aliphatic carbocycles. The van der Waals surface area contributed by atoms with Gasteiger partial charge in [0.05, 0.1) is 0 Å². The van der Waals surface area contributed by atoms with Crippen LogP contribution < -0.4 is 5.32 Å². The van der Waals surface area contributed by atoms with E-state index in [9.17, 15) is 19.5 Å². The molecule has 0 aliphatic heterocycles. The number of nitrogens with zero attached hydrogens (tertiary/aromatic N) is 1. The highest BCUT2D eigenvalue weighted by Gasteiger charge is 2.38. The summed E-state index contributed by atoms with van der Waals surface area (Å²) in [4.78, 5) is 37.4. The zero-order valence-corrected chi connectivity index (χ0v) is 19.9. The van der Waals surface area contributed by atoms with Gasteiger partial charge >= 0.3 is 12.1 Å². The number of amides is 2. The molecule has 2 aromatic carbocycles. The van der Waals surface area contributed by atoms with Gasteiger partial charge in [-0.3, -0.25) is 4.79 Å². The summed E-state index contributed by atoms with van der Waals surface area (Å²) in [6.45, 7) is 3.84. The van der Waals surface area contributed by atoms with Gasteiger partial charge in [0.2, 0.25) is 5.91 Å². The van der Waals surface area contributed by atoms with Crippen LogP contribution in [0.2, 0.25) is 0 Å². The fourth-order valence-electron chi connectivity index (χ4n) is 4.92. The number of hydrogen-bond acceptors (Lipinski definition) is 4. The summed E-state index contributed by atoms with van der Waals surface area (Å²) < 4.78 is 5.57. The summed E-state index contributed by atoms with van der Waals surface area (Å²) in [6.07, 6.45) is 1.56. The maximum Gasteiger partial charge on any atom is 0.407 e. The molecule has 4 rings (SSSR count). The molecule has 2 amide bonds. The lowest BCUT2D eigenvalue weighted by atomic mass is 9.73. The first-order valence-electron chi connectivity index (χ1n) is 11.8. The highest BCUT2D eigenvalue weighted by Crippen LogP contribution is 2.44. The van der Waals surface area contributed by atoms with E-state index in [2.05, 4.69) is 29.6 Å². The predicted octanol–water partition coefficient (Wildman–Crippen LogP) is 4.26. The van der Waals surface area contributed by atoms with E-state index < -0.39 is 17.6 Å². The van der Waals surface area contributed by atoms with Crippen molar-refractivity contribution in [2.45, 2.75) is 44.6 Å². The second kappa shape index (κ2) is 9.49. The van der Waals surface area contributed by atoms with Crippen LogP contribution in [0.3, 0.4) is 0 Å². The highest BCUT2D eigenvalue weighted by atomic mass is 16.5. The number of ether oxygens (including phenoxy) is 1. The molecule has 7 nitrogen and oxygen atoms in total. The van der Waals surface area contributed by atoms with Crippen LogP contribution in [-0.4, -0.2) is 53.7 Å². The molecule has 0 spiro atoms. The molecule has 0 bridgehead atoms. The summed E-state index contributed by atoms with van der Waals surface area (Å²) in [5.74, 6) is -0.642. The van der Waals surface area contributed by atoms with Crippen LogP contribution >= 0.6 is 0 Å². The van der Waals surface area contributed by atoms with Crippen molar-refractivity contribution >= 4 is 18.0 Å². The summed E-state index contributed by atoms with van der Waals surface area (Å²) in [6, 6.07) is 16.5. The van der Waals surface area contributed by atoms with Gasteiger partial charge in [-0.2, -0.15) is 0 Å². The smallest absolute Gasteiger partial charge is 0.407 e. The van der Waals surface area contributed by atoms with Crippen LogP contribution in [0, 0.1) is 11.8 Å². The molecule has 7 heteroatoms. The molecular formula is C27H32N2O5. The van der Waals surface area contributed by atoms with Gasteiger partial charge in [0.1, 0.15) is 12.1 Å². The van der Waals surface area contributed by atoms with Gasteiger partial charge in [0.15, 0.2) is 0 Å². The SMILES string of the molecule is CN(C(=O)CC1CC(CNC(=O)OCC2c3ccccc3-c3ccccc32)C1)C(C)(C)C(=O)O. The van der Waals surface area contributed by atoms with E-state index in [0.29, 0.717) is 18.9 Å². The second-order valence-electron chi connectivity index (χ2n) is 9.93. The molecule has 2 N–H and O–H groups in total. The predicted molar refractivity (Wildman–Crippen MR) is 128 cm³/mol. The third-order valence-electron chi connectivity index (χ3n) is 7.41. The maximum atomic E-state index is 12.4. The molecule has 0 radical (unpaired) electrons. The Morgan fingerprint density at radius 1 is 1.00 bits per heavy atom. The van der Waals surface area contributed by atoms with Gasteiger partial charge in [-0.05, 0) is 60.8 Å². The number of aliphatic carboxylic acids is 1. The first-order chi connectivity index (χ1) is 16.2. The summed E-state index contributed by atoms with van der Waals surface area (Å²) in [7, 11) is 1.53. The lowest BCUT2D eigenvalue weighted by molar-refractivity contribution is -0.156. The van der Waals surface area contributed by atoms with E-state index in [-0.39, 0.29) is 24.3 Å². The van der Waals surface area contributed by atoms with Crippen molar-refractivity contribution in [2.75, 3.05) is 20.2 Å². The van der Waals surface area contributed by atoms with Crippen molar-refractivity contribution in [1.82, 2.24) is 10.2 Å². The first kappa shape index (κ1) is 23.8. The minimum absolute atomic E-state index is 0.0317. The van der Waals surface area contributed by atoms with Gasteiger partial charge in [0, 0.05) is 25.9 Å². The maximum absolute atomic E-state index is 12.4. The highest BCUT2D eigenvalue weighted by molar-refractivity contribution is 5.86. The van der Waals surface area contributed by atoms with E-state index in [1.54, 1.807) is 0 Å². The number of carboxylic acid groups (broad SMARTS) is 1. The molecular weight excluding hydrogens is 432 g/mol. The van der Waals surface area contributed by atoms with Crippen molar-refractivity contribution in [3.8, 4) is 11.1 Å². The Morgan fingerprint density at radius 2 is 1.56 bits per heavy atom. The van der Waals surface area contributed by atoms with Gasteiger partial charge in [0.25, 0.3) is 0 Å². The molecule has 0 heterocycles. The van der Waals surface area contributed by atoms with Crippen molar-refractivity contribution in [3.63, 3.8) is 0 Å². The van der Waals surface area contributed by atoms with E-state index in [1.165, 1.54) is 48.0 Å². The van der Waals surface area contributed by atoms with E-state index in [4.69, 9.17) is 4.74 Å². The number of nitrogens with one attached hydrogen (secondary N) is 1. The minimum atomic E-state index is -1.23. The van der Waals surface area contributed by atoms with Gasteiger partial charge in [-0.15, -0.1) is 0 Å².